The Labute approximate surface area is 254 Å². The van der Waals surface area contributed by atoms with Crippen molar-refractivity contribution in [2.24, 2.45) is 0 Å². The second-order valence-corrected chi connectivity index (χ2v) is 12.1. The Morgan fingerprint density at radius 1 is 1.04 bits per heavy atom. The third-order valence-electron chi connectivity index (χ3n) is 7.16. The molecule has 0 radical (unpaired) electrons. The van der Waals surface area contributed by atoms with E-state index in [1.54, 1.807) is 18.3 Å². The number of hydrogen-bond donors (Lipinski definition) is 2. The van der Waals surface area contributed by atoms with Crippen LogP contribution in [0.5, 0.6) is 5.75 Å². The lowest BCUT2D eigenvalue weighted by molar-refractivity contribution is 0.0964. The van der Waals surface area contributed by atoms with Gasteiger partial charge in [0.25, 0.3) is 12.3 Å². The zero-order chi connectivity index (χ0) is 32.0. The van der Waals surface area contributed by atoms with E-state index < -0.39 is 46.8 Å². The lowest BCUT2D eigenvalue weighted by atomic mass is 9.96. The highest BCUT2D eigenvalue weighted by molar-refractivity contribution is 7.92. The molecular formula is C31H24F4N4O5S. The Morgan fingerprint density at radius 2 is 1.80 bits per heavy atom. The molecule has 1 atom stereocenters. The van der Waals surface area contributed by atoms with Crippen LogP contribution in [0.1, 0.15) is 22.1 Å². The van der Waals surface area contributed by atoms with Gasteiger partial charge in [-0.3, -0.25) is 9.10 Å². The Morgan fingerprint density at radius 3 is 2.47 bits per heavy atom. The number of hydrogen-bond acceptors (Lipinski definition) is 7. The van der Waals surface area contributed by atoms with Crippen molar-refractivity contribution < 1.29 is 39.9 Å². The van der Waals surface area contributed by atoms with Crippen LogP contribution in [0.3, 0.4) is 0 Å². The highest BCUT2D eigenvalue weighted by atomic mass is 32.2. The van der Waals surface area contributed by atoms with Crippen LogP contribution >= 0.6 is 0 Å². The number of benzene rings is 3. The van der Waals surface area contributed by atoms with Crippen LogP contribution in [0.15, 0.2) is 77.3 Å². The summed E-state index contributed by atoms with van der Waals surface area (Å²) < 4.78 is 94.7. The van der Waals surface area contributed by atoms with Crippen LogP contribution in [0.25, 0.3) is 33.4 Å². The van der Waals surface area contributed by atoms with Crippen molar-refractivity contribution in [1.29, 1.82) is 0 Å². The van der Waals surface area contributed by atoms with E-state index in [1.165, 1.54) is 55.6 Å². The number of carbonyl (C=O) groups excluding carboxylic acids is 1. The molecule has 1 aliphatic heterocycles. The first-order valence-corrected chi connectivity index (χ1v) is 15.3. The largest absolute Gasteiger partial charge is 0.463 e. The summed E-state index contributed by atoms with van der Waals surface area (Å²) in [6.07, 6.45) is -1.62. The molecule has 1 unspecified atom stereocenters. The van der Waals surface area contributed by atoms with Gasteiger partial charge in [-0.05, 0) is 66.2 Å². The summed E-state index contributed by atoms with van der Waals surface area (Å²) in [7, 11) is -2.93. The number of anilines is 2. The van der Waals surface area contributed by atoms with Crippen molar-refractivity contribution >= 4 is 38.4 Å². The maximum Gasteiger partial charge on any atom is 0.257 e. The Balaban J connectivity index is 1.61. The van der Waals surface area contributed by atoms with Crippen molar-refractivity contribution in [3.05, 3.63) is 95.7 Å². The minimum absolute atomic E-state index is 0.0135. The third-order valence-corrected chi connectivity index (χ3v) is 8.30. The number of fused-ring (bicyclic) bond motifs is 2. The molecule has 2 aromatic heterocycles. The number of halogens is 4. The first kappa shape index (κ1) is 29.9. The number of rotatable bonds is 8. The van der Waals surface area contributed by atoms with Crippen LogP contribution in [0.2, 0.25) is 0 Å². The average Bonchev–Trinajstić information content (AvgIpc) is 3.60. The number of amides is 1. The fraction of sp³-hybridized carbons (Fsp3) is 0.161. The van der Waals surface area contributed by atoms with Crippen molar-refractivity contribution in [1.82, 2.24) is 10.3 Å². The van der Waals surface area contributed by atoms with Gasteiger partial charge in [0, 0.05) is 41.4 Å². The van der Waals surface area contributed by atoms with Crippen molar-refractivity contribution in [2.75, 3.05) is 29.5 Å². The molecule has 45 heavy (non-hydrogen) atoms. The summed E-state index contributed by atoms with van der Waals surface area (Å²) in [5.41, 5.74) is 0.493. The van der Waals surface area contributed by atoms with Gasteiger partial charge in [-0.1, -0.05) is 0 Å². The fourth-order valence-corrected chi connectivity index (χ4v) is 6.10. The highest BCUT2D eigenvalue weighted by Crippen LogP contribution is 2.43. The Hall–Kier alpha value is -5.11. The number of nitrogens with one attached hydrogen (secondary N) is 2. The molecule has 1 amide bonds. The Bertz CT molecular complexity index is 2030. The summed E-state index contributed by atoms with van der Waals surface area (Å²) in [6, 6.07) is 14.9. The molecule has 6 rings (SSSR count). The minimum Gasteiger partial charge on any atom is -0.463 e. The summed E-state index contributed by atoms with van der Waals surface area (Å²) in [5.74, 6) is -0.962. The summed E-state index contributed by atoms with van der Waals surface area (Å²) in [6.45, 7) is -1.21. The Kier molecular flexibility index (Phi) is 7.60. The number of ether oxygens (including phenoxy) is 1. The lowest BCUT2D eigenvalue weighted by Gasteiger charge is -2.25. The molecular weight excluding hydrogens is 616 g/mol. The maximum atomic E-state index is 15.2. The molecule has 0 saturated carbocycles. The van der Waals surface area contributed by atoms with Gasteiger partial charge in [-0.2, -0.15) is 0 Å². The highest BCUT2D eigenvalue weighted by Gasteiger charge is 2.30. The maximum absolute atomic E-state index is 15.2. The monoisotopic (exact) mass is 640 g/mol. The summed E-state index contributed by atoms with van der Waals surface area (Å²) in [4.78, 5) is 17.4. The van der Waals surface area contributed by atoms with Crippen LogP contribution in [-0.2, 0) is 10.0 Å². The molecule has 2 N–H and O–H groups in total. The van der Waals surface area contributed by atoms with Gasteiger partial charge in [0.05, 0.1) is 24.1 Å². The summed E-state index contributed by atoms with van der Waals surface area (Å²) >= 11 is 0. The van der Waals surface area contributed by atoms with Gasteiger partial charge < -0.3 is 19.8 Å². The van der Waals surface area contributed by atoms with Crippen LogP contribution < -0.4 is 19.7 Å². The van der Waals surface area contributed by atoms with E-state index in [-0.39, 0.29) is 39.1 Å². The number of furan rings is 1. The molecule has 0 aliphatic carbocycles. The van der Waals surface area contributed by atoms with Crippen molar-refractivity contribution in [3.63, 3.8) is 0 Å². The molecule has 232 valence electrons. The quantitative estimate of drug-likeness (QED) is 0.191. The smallest absolute Gasteiger partial charge is 0.257 e. The lowest BCUT2D eigenvalue weighted by Crippen LogP contribution is -2.34. The number of alkyl halides is 2. The van der Waals surface area contributed by atoms with Gasteiger partial charge in [-0.25, -0.2) is 31.0 Å². The van der Waals surface area contributed by atoms with Gasteiger partial charge in [-0.15, -0.1) is 0 Å². The van der Waals surface area contributed by atoms with Crippen molar-refractivity contribution in [2.45, 2.75) is 12.7 Å². The SMILES string of the molecule is CNC(=O)c1c(-c2ccc(F)cc2)oc2cc(N(CC(F)F)S(C)(=O)=O)c(-c3cc(F)cc(C4Nc5ncccc5O4)c3)cc12. The minimum atomic E-state index is -4.31. The van der Waals surface area contributed by atoms with E-state index in [1.807, 2.05) is 0 Å². The molecule has 1 aliphatic rings. The van der Waals surface area contributed by atoms with Gasteiger partial charge in [0.2, 0.25) is 10.0 Å². The number of sulfonamides is 1. The number of carbonyl (C=O) groups is 1. The van der Waals surface area contributed by atoms with Crippen LogP contribution in [0, 0.1) is 11.6 Å². The number of nitrogens with zero attached hydrogens (tertiary/aromatic N) is 2. The molecule has 0 spiro atoms. The number of pyridine rings is 1. The van der Waals surface area contributed by atoms with E-state index in [4.69, 9.17) is 9.15 Å². The molecule has 0 saturated heterocycles. The first-order chi connectivity index (χ1) is 21.4. The van der Waals surface area contributed by atoms with E-state index in [9.17, 15) is 26.4 Å². The topological polar surface area (TPSA) is 114 Å². The van der Waals surface area contributed by atoms with E-state index in [0.717, 1.165) is 12.3 Å². The molecule has 3 aromatic carbocycles. The molecule has 0 fully saturated rings. The molecule has 9 nitrogen and oxygen atoms in total. The van der Waals surface area contributed by atoms with Gasteiger partial charge >= 0.3 is 0 Å². The van der Waals surface area contributed by atoms with Crippen LogP contribution in [0.4, 0.5) is 29.1 Å². The second-order valence-electron chi connectivity index (χ2n) is 10.2. The second kappa shape index (κ2) is 11.4. The molecule has 3 heterocycles. The number of aromatic nitrogens is 1. The normalized spacial score (nSPS) is 14.2. The van der Waals surface area contributed by atoms with Gasteiger partial charge in [0.1, 0.15) is 23.0 Å². The zero-order valence-corrected chi connectivity index (χ0v) is 24.5. The zero-order valence-electron chi connectivity index (χ0n) is 23.6. The van der Waals surface area contributed by atoms with Crippen LogP contribution in [-0.4, -0.2) is 45.6 Å². The fourth-order valence-electron chi connectivity index (χ4n) is 5.21. The van der Waals surface area contributed by atoms with E-state index >= 15 is 4.39 Å². The van der Waals surface area contributed by atoms with E-state index in [0.29, 0.717) is 27.0 Å². The third kappa shape index (κ3) is 5.76. The van der Waals surface area contributed by atoms with Crippen molar-refractivity contribution in [3.8, 4) is 28.2 Å². The molecule has 5 aromatic rings. The molecule has 14 heteroatoms. The first-order valence-electron chi connectivity index (χ1n) is 13.5. The molecule has 0 bridgehead atoms. The van der Waals surface area contributed by atoms with E-state index in [2.05, 4.69) is 15.6 Å². The summed E-state index contributed by atoms with van der Waals surface area (Å²) in [5, 5.41) is 5.73. The van der Waals surface area contributed by atoms with Gasteiger partial charge in [0.15, 0.2) is 17.8 Å². The predicted molar refractivity (Wildman–Crippen MR) is 160 cm³/mol. The standard InChI is InChI=1S/C31H24F4N4O5S/c1-36-30(40)27-22-13-21(17-10-18(12-20(33)11-17)31-38-29-24(44-31)4-3-9-37-29)23(39(15-26(34)35)45(2,41)42)14-25(22)43-28(27)16-5-7-19(32)8-6-16/h3-14,26,31H,15H2,1-2H3,(H,36,40)(H,37,38). The predicted octanol–water partition coefficient (Wildman–Crippen LogP) is 6.33. The average molecular weight is 641 g/mol.